The maximum Gasteiger partial charge on any atom is 0.186 e. The van der Waals surface area contributed by atoms with Gasteiger partial charge in [-0.25, -0.2) is 0 Å². The molecule has 1 heterocycles. The summed E-state index contributed by atoms with van der Waals surface area (Å²) in [4.78, 5) is 0. The summed E-state index contributed by atoms with van der Waals surface area (Å²) >= 11 is 0. The van der Waals surface area contributed by atoms with E-state index in [1.165, 1.54) is 0 Å². The van der Waals surface area contributed by atoms with E-state index in [1.54, 1.807) is 28.4 Å². The van der Waals surface area contributed by atoms with Gasteiger partial charge in [-0.3, -0.25) is 0 Å². The van der Waals surface area contributed by atoms with Crippen LogP contribution >= 0.6 is 0 Å². The maximum atomic E-state index is 6.13. The zero-order chi connectivity index (χ0) is 19.7. The molecule has 0 saturated carbocycles. The van der Waals surface area contributed by atoms with Crippen molar-refractivity contribution < 1.29 is 42.6 Å². The minimum atomic E-state index is -0.540. The molecular weight excluding hydrogens is 360 g/mol. The first kappa shape index (κ1) is 24.7. The van der Waals surface area contributed by atoms with Crippen LogP contribution in [0.2, 0.25) is 0 Å². The van der Waals surface area contributed by atoms with Crippen molar-refractivity contribution in [3.63, 3.8) is 0 Å². The van der Waals surface area contributed by atoms with E-state index in [9.17, 15) is 0 Å². The number of ether oxygens (including phenoxy) is 9. The molecule has 0 aromatic carbocycles. The molecule has 4 unspecified atom stereocenters. The molecule has 1 fully saturated rings. The van der Waals surface area contributed by atoms with Crippen LogP contribution < -0.4 is 0 Å². The van der Waals surface area contributed by atoms with Crippen LogP contribution in [0.4, 0.5) is 0 Å². The van der Waals surface area contributed by atoms with Gasteiger partial charge >= 0.3 is 0 Å². The molecule has 1 saturated heterocycles. The molecule has 9 heteroatoms. The highest BCUT2D eigenvalue weighted by Gasteiger charge is 2.41. The first-order chi connectivity index (χ1) is 13.3. The summed E-state index contributed by atoms with van der Waals surface area (Å²) in [5, 5.41) is 0. The van der Waals surface area contributed by atoms with Crippen LogP contribution in [0.5, 0.6) is 0 Å². The lowest BCUT2D eigenvalue weighted by atomic mass is 10.2. The van der Waals surface area contributed by atoms with Crippen molar-refractivity contribution >= 4 is 0 Å². The second-order valence-corrected chi connectivity index (χ2v) is 6.04. The second-order valence-electron chi connectivity index (χ2n) is 6.04. The molecule has 0 bridgehead atoms. The smallest absolute Gasteiger partial charge is 0.186 e. The Balaban J connectivity index is 2.57. The molecule has 0 aromatic rings. The summed E-state index contributed by atoms with van der Waals surface area (Å²) in [5.74, 6) is 0. The zero-order valence-electron chi connectivity index (χ0n) is 17.1. The first-order valence-electron chi connectivity index (χ1n) is 9.30. The molecule has 0 amide bonds. The SMILES string of the molecule is COCCOCC(CCOC)OC1OCC(OCCOC)C1OCCOC. The topological polar surface area (TPSA) is 83.1 Å². The Morgan fingerprint density at radius 2 is 1.41 bits per heavy atom. The highest BCUT2D eigenvalue weighted by molar-refractivity contribution is 4.82. The van der Waals surface area contributed by atoms with E-state index in [0.717, 1.165) is 0 Å². The van der Waals surface area contributed by atoms with Crippen molar-refractivity contribution in [3.8, 4) is 0 Å². The average molecular weight is 396 g/mol. The molecule has 9 nitrogen and oxygen atoms in total. The van der Waals surface area contributed by atoms with E-state index in [-0.39, 0.29) is 18.3 Å². The second kappa shape index (κ2) is 16.6. The third kappa shape index (κ3) is 10.7. The Bertz CT molecular complexity index is 332. The summed E-state index contributed by atoms with van der Waals surface area (Å²) < 4.78 is 49.6. The fraction of sp³-hybridized carbons (Fsp3) is 1.00. The third-order valence-corrected chi connectivity index (χ3v) is 3.98. The van der Waals surface area contributed by atoms with Crippen molar-refractivity contribution in [1.29, 1.82) is 0 Å². The predicted octanol–water partition coefficient (Wildman–Crippen LogP) is 0.491. The van der Waals surface area contributed by atoms with Gasteiger partial charge in [-0.2, -0.15) is 0 Å². The highest BCUT2D eigenvalue weighted by atomic mass is 16.7. The Morgan fingerprint density at radius 1 is 0.778 bits per heavy atom. The van der Waals surface area contributed by atoms with Gasteiger partial charge in [0, 0.05) is 35.0 Å². The molecule has 0 aromatic heterocycles. The highest BCUT2D eigenvalue weighted by Crippen LogP contribution is 2.24. The van der Waals surface area contributed by atoms with Gasteiger partial charge in [0.2, 0.25) is 0 Å². The quantitative estimate of drug-likeness (QED) is 0.307. The van der Waals surface area contributed by atoms with Crippen molar-refractivity contribution in [2.45, 2.75) is 31.0 Å². The van der Waals surface area contributed by atoms with Gasteiger partial charge in [0.1, 0.15) is 12.2 Å². The predicted molar refractivity (Wildman–Crippen MR) is 97.0 cm³/mol. The summed E-state index contributed by atoms with van der Waals surface area (Å²) in [6, 6.07) is 0. The lowest BCUT2D eigenvalue weighted by Gasteiger charge is -2.27. The Labute approximate surface area is 162 Å². The van der Waals surface area contributed by atoms with Gasteiger partial charge in [0.05, 0.1) is 59.0 Å². The standard InChI is InChI=1S/C18H36O9/c1-19-6-5-15(13-23-10-7-20-2)27-18-17(25-12-9-22-4)16(14-26-18)24-11-8-21-3/h15-18H,5-14H2,1-4H3. The van der Waals surface area contributed by atoms with E-state index in [1.807, 2.05) is 0 Å². The van der Waals surface area contributed by atoms with E-state index in [0.29, 0.717) is 65.9 Å². The molecule has 27 heavy (non-hydrogen) atoms. The molecule has 1 aliphatic heterocycles. The maximum absolute atomic E-state index is 6.13. The fourth-order valence-corrected chi connectivity index (χ4v) is 2.54. The summed E-state index contributed by atoms with van der Waals surface area (Å²) in [7, 11) is 6.57. The number of rotatable bonds is 18. The van der Waals surface area contributed by atoms with Crippen LogP contribution in [0.3, 0.4) is 0 Å². The first-order valence-corrected chi connectivity index (χ1v) is 9.30. The third-order valence-electron chi connectivity index (χ3n) is 3.98. The fourth-order valence-electron chi connectivity index (χ4n) is 2.54. The molecule has 0 radical (unpaired) electrons. The van der Waals surface area contributed by atoms with Crippen LogP contribution in [-0.2, 0) is 42.6 Å². The zero-order valence-corrected chi connectivity index (χ0v) is 17.1. The van der Waals surface area contributed by atoms with Crippen LogP contribution in [0.15, 0.2) is 0 Å². The van der Waals surface area contributed by atoms with E-state index in [4.69, 9.17) is 42.6 Å². The normalized spacial score (nSPS) is 23.8. The van der Waals surface area contributed by atoms with E-state index >= 15 is 0 Å². The average Bonchev–Trinajstić information content (AvgIpc) is 3.05. The molecule has 1 aliphatic rings. The molecule has 0 spiro atoms. The van der Waals surface area contributed by atoms with Crippen molar-refractivity contribution in [2.24, 2.45) is 0 Å². The minimum absolute atomic E-state index is 0.182. The lowest BCUT2D eigenvalue weighted by molar-refractivity contribution is -0.207. The largest absolute Gasteiger partial charge is 0.385 e. The van der Waals surface area contributed by atoms with Crippen LogP contribution in [0, 0.1) is 0 Å². The summed E-state index contributed by atoms with van der Waals surface area (Å²) in [5.41, 5.74) is 0. The van der Waals surface area contributed by atoms with E-state index < -0.39 is 6.29 Å². The molecule has 1 rings (SSSR count). The Morgan fingerprint density at radius 3 is 2.07 bits per heavy atom. The van der Waals surface area contributed by atoms with Gasteiger partial charge in [0.25, 0.3) is 0 Å². The van der Waals surface area contributed by atoms with Gasteiger partial charge in [-0.15, -0.1) is 0 Å². The molecule has 0 aliphatic carbocycles. The van der Waals surface area contributed by atoms with Gasteiger partial charge in [-0.1, -0.05) is 0 Å². The number of hydrogen-bond donors (Lipinski definition) is 0. The number of methoxy groups -OCH3 is 4. The summed E-state index contributed by atoms with van der Waals surface area (Å²) in [6.45, 7) is 4.32. The van der Waals surface area contributed by atoms with Crippen LogP contribution in [0.25, 0.3) is 0 Å². The molecular formula is C18H36O9. The molecule has 162 valence electrons. The van der Waals surface area contributed by atoms with Gasteiger partial charge < -0.3 is 42.6 Å². The number of hydrogen-bond acceptors (Lipinski definition) is 9. The van der Waals surface area contributed by atoms with Crippen molar-refractivity contribution in [1.82, 2.24) is 0 Å². The van der Waals surface area contributed by atoms with Gasteiger partial charge in [-0.05, 0) is 6.42 Å². The minimum Gasteiger partial charge on any atom is -0.385 e. The lowest BCUT2D eigenvalue weighted by Crippen LogP contribution is -2.40. The Hall–Kier alpha value is -0.360. The van der Waals surface area contributed by atoms with Crippen LogP contribution in [-0.4, -0.2) is 113 Å². The monoisotopic (exact) mass is 396 g/mol. The summed E-state index contributed by atoms with van der Waals surface area (Å²) in [6.07, 6.45) is -0.607. The Kier molecular flexibility index (Phi) is 15.2. The van der Waals surface area contributed by atoms with E-state index in [2.05, 4.69) is 0 Å². The van der Waals surface area contributed by atoms with Crippen LogP contribution in [0.1, 0.15) is 6.42 Å². The van der Waals surface area contributed by atoms with Crippen molar-refractivity contribution in [3.05, 3.63) is 0 Å². The van der Waals surface area contributed by atoms with Crippen molar-refractivity contribution in [2.75, 3.05) is 87.9 Å². The van der Waals surface area contributed by atoms with Gasteiger partial charge in [0.15, 0.2) is 6.29 Å². The molecule has 4 atom stereocenters. The molecule has 0 N–H and O–H groups in total.